The third kappa shape index (κ3) is 2.57. The highest BCUT2D eigenvalue weighted by Gasteiger charge is 2.35. The number of carboxylic acids is 1. The molecule has 0 radical (unpaired) electrons. The van der Waals surface area contributed by atoms with E-state index < -0.39 is 5.97 Å². The molecule has 0 spiro atoms. The number of likely N-dealkylation sites (tertiary alicyclic amines) is 1. The molecule has 0 aromatic heterocycles. The summed E-state index contributed by atoms with van der Waals surface area (Å²) in [5.41, 5.74) is 0. The molecule has 1 saturated heterocycles. The number of nitrogens with zero attached hydrogens (tertiary/aromatic N) is 1. The van der Waals surface area contributed by atoms with E-state index in [-0.39, 0.29) is 5.92 Å². The maximum absolute atomic E-state index is 11.3. The number of carbonyl (C=O) groups is 1. The van der Waals surface area contributed by atoms with E-state index >= 15 is 0 Å². The fraction of sp³-hybridized carbons (Fsp3) is 0.923. The Morgan fingerprint density at radius 1 is 1.19 bits per heavy atom. The van der Waals surface area contributed by atoms with E-state index in [1.54, 1.807) is 0 Å². The van der Waals surface area contributed by atoms with Gasteiger partial charge in [-0.2, -0.15) is 0 Å². The Morgan fingerprint density at radius 2 is 1.94 bits per heavy atom. The predicted octanol–water partition coefficient (Wildman–Crippen LogP) is 2.36. The standard InChI is InChI=1S/C13H23NO2/c1-10-7-8-14(9-10)12-6-4-2-3-5-11(12)13(15)16/h10-12H,2-9H2,1H3,(H,15,16). The maximum Gasteiger partial charge on any atom is 0.308 e. The fourth-order valence-electron chi connectivity index (χ4n) is 3.28. The lowest BCUT2D eigenvalue weighted by Crippen LogP contribution is -2.41. The molecule has 3 nitrogen and oxygen atoms in total. The van der Waals surface area contributed by atoms with Gasteiger partial charge in [-0.05, 0) is 31.7 Å². The summed E-state index contributed by atoms with van der Waals surface area (Å²) in [6.07, 6.45) is 6.72. The summed E-state index contributed by atoms with van der Waals surface area (Å²) < 4.78 is 0. The topological polar surface area (TPSA) is 40.5 Å². The summed E-state index contributed by atoms with van der Waals surface area (Å²) in [5, 5.41) is 9.33. The van der Waals surface area contributed by atoms with Crippen molar-refractivity contribution in [1.29, 1.82) is 0 Å². The first-order valence-corrected chi connectivity index (χ1v) is 6.65. The van der Waals surface area contributed by atoms with Gasteiger partial charge < -0.3 is 5.11 Å². The van der Waals surface area contributed by atoms with E-state index in [2.05, 4.69) is 11.8 Å². The smallest absolute Gasteiger partial charge is 0.308 e. The fourth-order valence-corrected chi connectivity index (χ4v) is 3.28. The average molecular weight is 225 g/mol. The highest BCUT2D eigenvalue weighted by Crippen LogP contribution is 2.31. The molecule has 0 aromatic rings. The highest BCUT2D eigenvalue weighted by atomic mass is 16.4. The van der Waals surface area contributed by atoms with Crippen LogP contribution in [-0.2, 0) is 4.79 Å². The lowest BCUT2D eigenvalue weighted by Gasteiger charge is -2.31. The Morgan fingerprint density at radius 3 is 2.56 bits per heavy atom. The molecule has 92 valence electrons. The summed E-state index contributed by atoms with van der Waals surface area (Å²) in [5.74, 6) is 0.0527. The molecule has 1 aliphatic heterocycles. The van der Waals surface area contributed by atoms with Gasteiger partial charge in [0.2, 0.25) is 0 Å². The van der Waals surface area contributed by atoms with Crippen LogP contribution in [0.4, 0.5) is 0 Å². The minimum Gasteiger partial charge on any atom is -0.481 e. The third-order valence-electron chi connectivity index (χ3n) is 4.22. The van der Waals surface area contributed by atoms with Crippen molar-refractivity contribution >= 4 is 5.97 Å². The molecular weight excluding hydrogens is 202 g/mol. The first-order chi connectivity index (χ1) is 7.68. The maximum atomic E-state index is 11.3. The zero-order chi connectivity index (χ0) is 11.5. The van der Waals surface area contributed by atoms with Crippen LogP contribution < -0.4 is 0 Å². The molecule has 3 heteroatoms. The summed E-state index contributed by atoms with van der Waals surface area (Å²) >= 11 is 0. The van der Waals surface area contributed by atoms with Gasteiger partial charge in [-0.15, -0.1) is 0 Å². The number of rotatable bonds is 2. The Hall–Kier alpha value is -0.570. The molecule has 3 atom stereocenters. The molecule has 0 aromatic carbocycles. The van der Waals surface area contributed by atoms with Crippen molar-refractivity contribution in [3.8, 4) is 0 Å². The van der Waals surface area contributed by atoms with Crippen LogP contribution in [0, 0.1) is 11.8 Å². The molecule has 2 aliphatic rings. The van der Waals surface area contributed by atoms with Gasteiger partial charge in [0, 0.05) is 12.6 Å². The number of hydrogen-bond acceptors (Lipinski definition) is 2. The molecule has 1 aliphatic carbocycles. The SMILES string of the molecule is CC1CCN(C2CCCCCC2C(=O)O)C1. The van der Waals surface area contributed by atoms with Crippen LogP contribution in [-0.4, -0.2) is 35.1 Å². The molecule has 16 heavy (non-hydrogen) atoms. The lowest BCUT2D eigenvalue weighted by molar-refractivity contribution is -0.144. The highest BCUT2D eigenvalue weighted by molar-refractivity contribution is 5.70. The molecule has 0 bridgehead atoms. The summed E-state index contributed by atoms with van der Waals surface area (Å²) in [6, 6.07) is 0.310. The van der Waals surface area contributed by atoms with Gasteiger partial charge in [0.15, 0.2) is 0 Å². The summed E-state index contributed by atoms with van der Waals surface area (Å²) in [7, 11) is 0. The second kappa shape index (κ2) is 5.17. The monoisotopic (exact) mass is 225 g/mol. The van der Waals surface area contributed by atoms with E-state index in [0.717, 1.165) is 38.3 Å². The first kappa shape index (κ1) is 11.9. The van der Waals surface area contributed by atoms with Gasteiger partial charge in [0.1, 0.15) is 0 Å². The minimum atomic E-state index is -0.577. The zero-order valence-electron chi connectivity index (χ0n) is 10.2. The third-order valence-corrected chi connectivity index (χ3v) is 4.22. The van der Waals surface area contributed by atoms with E-state index in [1.165, 1.54) is 19.3 Å². The lowest BCUT2D eigenvalue weighted by atomic mass is 9.93. The van der Waals surface area contributed by atoms with Crippen molar-refractivity contribution < 1.29 is 9.90 Å². The largest absolute Gasteiger partial charge is 0.481 e. The molecule has 1 N–H and O–H groups in total. The van der Waals surface area contributed by atoms with Crippen molar-refractivity contribution in [1.82, 2.24) is 4.90 Å². The van der Waals surface area contributed by atoms with E-state index in [1.807, 2.05) is 0 Å². The van der Waals surface area contributed by atoms with Gasteiger partial charge in [-0.1, -0.05) is 26.2 Å². The van der Waals surface area contributed by atoms with Crippen molar-refractivity contribution in [3.05, 3.63) is 0 Å². The molecule has 0 amide bonds. The second-order valence-electron chi connectivity index (χ2n) is 5.54. The van der Waals surface area contributed by atoms with Crippen molar-refractivity contribution in [3.63, 3.8) is 0 Å². The normalized spacial score (nSPS) is 37.2. The first-order valence-electron chi connectivity index (χ1n) is 6.65. The predicted molar refractivity (Wildman–Crippen MR) is 63.4 cm³/mol. The van der Waals surface area contributed by atoms with E-state index in [4.69, 9.17) is 0 Å². The Kier molecular flexibility index (Phi) is 3.85. The van der Waals surface area contributed by atoms with Gasteiger partial charge in [-0.3, -0.25) is 9.69 Å². The van der Waals surface area contributed by atoms with Crippen LogP contribution >= 0.6 is 0 Å². The molecule has 2 fully saturated rings. The van der Waals surface area contributed by atoms with E-state index in [9.17, 15) is 9.90 Å². The zero-order valence-corrected chi connectivity index (χ0v) is 10.2. The summed E-state index contributed by atoms with van der Waals surface area (Å²) in [4.78, 5) is 13.8. The van der Waals surface area contributed by atoms with Crippen LogP contribution in [0.25, 0.3) is 0 Å². The summed E-state index contributed by atoms with van der Waals surface area (Å²) in [6.45, 7) is 4.48. The second-order valence-corrected chi connectivity index (χ2v) is 5.54. The number of carboxylic acid groups (broad SMARTS) is 1. The van der Waals surface area contributed by atoms with Crippen molar-refractivity contribution in [2.75, 3.05) is 13.1 Å². The van der Waals surface area contributed by atoms with Gasteiger partial charge in [-0.25, -0.2) is 0 Å². The Labute approximate surface area is 97.8 Å². The quantitative estimate of drug-likeness (QED) is 0.733. The molecule has 2 rings (SSSR count). The van der Waals surface area contributed by atoms with Crippen molar-refractivity contribution in [2.45, 2.75) is 51.5 Å². The van der Waals surface area contributed by atoms with E-state index in [0.29, 0.717) is 6.04 Å². The van der Waals surface area contributed by atoms with Gasteiger partial charge >= 0.3 is 5.97 Å². The van der Waals surface area contributed by atoms with Gasteiger partial charge in [0.25, 0.3) is 0 Å². The van der Waals surface area contributed by atoms with Crippen LogP contribution in [0.3, 0.4) is 0 Å². The molecule has 1 heterocycles. The Balaban J connectivity index is 2.05. The molecular formula is C13H23NO2. The minimum absolute atomic E-state index is 0.118. The van der Waals surface area contributed by atoms with Crippen LogP contribution in [0.2, 0.25) is 0 Å². The Bertz CT molecular complexity index is 254. The average Bonchev–Trinajstić information content (AvgIpc) is 2.54. The van der Waals surface area contributed by atoms with Crippen LogP contribution in [0.5, 0.6) is 0 Å². The molecule has 1 saturated carbocycles. The number of aliphatic carboxylic acids is 1. The van der Waals surface area contributed by atoms with Gasteiger partial charge in [0.05, 0.1) is 5.92 Å². The van der Waals surface area contributed by atoms with Crippen LogP contribution in [0.1, 0.15) is 45.4 Å². The van der Waals surface area contributed by atoms with Crippen molar-refractivity contribution in [2.24, 2.45) is 11.8 Å². The number of hydrogen-bond donors (Lipinski definition) is 1. The molecule has 3 unspecified atom stereocenters. The van der Waals surface area contributed by atoms with Crippen LogP contribution in [0.15, 0.2) is 0 Å².